The molecule has 4 rings (SSSR count). The van der Waals surface area contributed by atoms with Crippen molar-refractivity contribution in [1.29, 1.82) is 0 Å². The van der Waals surface area contributed by atoms with Gasteiger partial charge in [-0.15, -0.1) is 4.90 Å². The van der Waals surface area contributed by atoms with Crippen molar-refractivity contribution in [2.24, 2.45) is 0 Å². The molecule has 0 aliphatic carbocycles. The van der Waals surface area contributed by atoms with Gasteiger partial charge >= 0.3 is 11.9 Å². The van der Waals surface area contributed by atoms with Crippen LogP contribution in [0.2, 0.25) is 5.02 Å². The van der Waals surface area contributed by atoms with E-state index in [9.17, 15) is 9.59 Å². The maximum Gasteiger partial charge on any atom is 0.506 e. The third-order valence-electron chi connectivity index (χ3n) is 5.27. The first-order valence-electron chi connectivity index (χ1n) is 9.25. The number of benzene rings is 2. The van der Waals surface area contributed by atoms with E-state index in [0.717, 1.165) is 11.3 Å². The van der Waals surface area contributed by atoms with E-state index in [1.807, 2.05) is 36.9 Å². The van der Waals surface area contributed by atoms with Gasteiger partial charge in [0.25, 0.3) is 0 Å². The molecule has 28 heavy (non-hydrogen) atoms. The van der Waals surface area contributed by atoms with Crippen LogP contribution in [0.5, 0.6) is 5.75 Å². The second-order valence-corrected chi connectivity index (χ2v) is 7.04. The number of carbonyl (C=O) groups excluding carboxylic acids is 2. The summed E-state index contributed by atoms with van der Waals surface area (Å²) < 4.78 is 7.23. The fourth-order valence-electron chi connectivity index (χ4n) is 4.07. The van der Waals surface area contributed by atoms with Gasteiger partial charge in [-0.25, -0.2) is 4.79 Å². The molecule has 6 nitrogen and oxygen atoms in total. The van der Waals surface area contributed by atoms with Crippen molar-refractivity contribution in [1.82, 2.24) is 0 Å². The lowest BCUT2D eigenvalue weighted by molar-refractivity contribution is -0.423. The largest absolute Gasteiger partial charge is 0.506 e. The van der Waals surface area contributed by atoms with Crippen LogP contribution in [-0.2, 0) is 4.79 Å². The smallest absolute Gasteiger partial charge is 0.496 e. The van der Waals surface area contributed by atoms with Crippen LogP contribution < -0.4 is 14.5 Å². The first kappa shape index (κ1) is 18.5. The summed E-state index contributed by atoms with van der Waals surface area (Å²) in [5.74, 6) is 0.388. The molecule has 2 aromatic carbocycles. The molecule has 7 heteroatoms. The lowest BCUT2D eigenvalue weighted by Crippen LogP contribution is -2.61. The second-order valence-electron chi connectivity index (χ2n) is 6.61. The van der Waals surface area contributed by atoms with E-state index in [1.54, 1.807) is 36.0 Å². The number of carbonyl (C=O) groups is 2. The monoisotopic (exact) mass is 398 g/mol. The standard InChI is InChI=1S/C21H21ClN3O3/c1-4-23-15-7-6-8-16(28-3)17(15)18-19(23)20(26)25(21(27)24(18)5-2)14-11-9-13(22)10-12-14/h6-12,19H,4-5H2,1-3H3/q+1. The third kappa shape index (κ3) is 2.52. The molecule has 2 aliphatic rings. The Labute approximate surface area is 168 Å². The van der Waals surface area contributed by atoms with Gasteiger partial charge in [0, 0.05) is 11.6 Å². The molecule has 2 heterocycles. The number of amides is 3. The third-order valence-corrected chi connectivity index (χ3v) is 5.52. The minimum atomic E-state index is -0.579. The Morgan fingerprint density at radius 1 is 1.11 bits per heavy atom. The summed E-state index contributed by atoms with van der Waals surface area (Å²) >= 11 is 5.98. The van der Waals surface area contributed by atoms with E-state index < -0.39 is 6.04 Å². The second kappa shape index (κ2) is 6.95. The van der Waals surface area contributed by atoms with Crippen LogP contribution >= 0.6 is 11.6 Å². The van der Waals surface area contributed by atoms with Crippen molar-refractivity contribution in [3.05, 3.63) is 53.1 Å². The molecule has 0 radical (unpaired) electrons. The zero-order chi connectivity index (χ0) is 20.0. The number of fused-ring (bicyclic) bond motifs is 3. The Morgan fingerprint density at radius 3 is 2.43 bits per heavy atom. The van der Waals surface area contributed by atoms with Gasteiger partial charge < -0.3 is 9.64 Å². The molecule has 2 aliphatic heterocycles. The molecule has 0 bridgehead atoms. The molecule has 2 aromatic rings. The number of ether oxygens (including phenoxy) is 1. The lowest BCUT2D eigenvalue weighted by Gasteiger charge is -2.29. The Morgan fingerprint density at radius 2 is 1.82 bits per heavy atom. The zero-order valence-electron chi connectivity index (χ0n) is 16.0. The van der Waals surface area contributed by atoms with Crippen molar-refractivity contribution >= 4 is 40.6 Å². The molecule has 0 N–H and O–H groups in total. The summed E-state index contributed by atoms with van der Waals surface area (Å²) in [4.78, 5) is 30.1. The molecule has 3 amide bonds. The van der Waals surface area contributed by atoms with E-state index in [1.165, 1.54) is 4.90 Å². The topological polar surface area (TPSA) is 52.9 Å². The maximum atomic E-state index is 13.5. The van der Waals surface area contributed by atoms with Crippen LogP contribution in [0.15, 0.2) is 42.5 Å². The summed E-state index contributed by atoms with van der Waals surface area (Å²) in [6.07, 6.45) is 0. The van der Waals surface area contributed by atoms with E-state index in [-0.39, 0.29) is 11.9 Å². The predicted molar refractivity (Wildman–Crippen MR) is 109 cm³/mol. The van der Waals surface area contributed by atoms with E-state index in [0.29, 0.717) is 35.3 Å². The molecule has 0 fully saturated rings. The van der Waals surface area contributed by atoms with Crippen molar-refractivity contribution in [3.8, 4) is 5.75 Å². The van der Waals surface area contributed by atoms with E-state index in [4.69, 9.17) is 16.3 Å². The lowest BCUT2D eigenvalue weighted by atomic mass is 10.0. The number of urea groups is 1. The predicted octanol–water partition coefficient (Wildman–Crippen LogP) is 3.55. The number of hydrogen-bond acceptors (Lipinski definition) is 4. The number of halogens is 1. The number of likely N-dealkylation sites (N-methyl/N-ethyl adjacent to an activating group) is 1. The minimum Gasteiger partial charge on any atom is -0.496 e. The first-order chi connectivity index (χ1) is 13.5. The van der Waals surface area contributed by atoms with Crippen molar-refractivity contribution in [2.75, 3.05) is 30.0 Å². The number of imide groups is 1. The molecule has 0 aromatic heterocycles. The SMILES string of the molecule is CCN1c2cccc(OC)c2C2=[N+](CC)C(=O)N(c3ccc(Cl)cc3)C(=O)C21. The first-order valence-corrected chi connectivity index (χ1v) is 9.63. The van der Waals surface area contributed by atoms with Gasteiger partial charge in [-0.1, -0.05) is 17.7 Å². The summed E-state index contributed by atoms with van der Waals surface area (Å²) in [5, 5.41) is 0.549. The summed E-state index contributed by atoms with van der Waals surface area (Å²) in [6.45, 7) is 4.97. The normalized spacial score (nSPS) is 18.5. The van der Waals surface area contributed by atoms with Gasteiger partial charge in [-0.2, -0.15) is 9.37 Å². The number of nitrogens with zero attached hydrogens (tertiary/aromatic N) is 3. The van der Waals surface area contributed by atoms with Gasteiger partial charge in [0.05, 0.1) is 24.9 Å². The van der Waals surface area contributed by atoms with Crippen molar-refractivity contribution < 1.29 is 18.9 Å². The van der Waals surface area contributed by atoms with Crippen LogP contribution in [-0.4, -0.2) is 48.5 Å². The van der Waals surface area contributed by atoms with E-state index in [2.05, 4.69) is 0 Å². The number of hydrogen-bond donors (Lipinski definition) is 0. The molecule has 1 unspecified atom stereocenters. The van der Waals surface area contributed by atoms with Crippen LogP contribution in [0.1, 0.15) is 19.4 Å². The number of methoxy groups -OCH3 is 1. The summed E-state index contributed by atoms with van der Waals surface area (Å²) in [6, 6.07) is 11.5. The molecule has 144 valence electrons. The Bertz CT molecular complexity index is 1000. The Balaban J connectivity index is 1.96. The highest BCUT2D eigenvalue weighted by atomic mass is 35.5. The van der Waals surface area contributed by atoms with Gasteiger partial charge in [-0.05, 0) is 50.2 Å². The average Bonchev–Trinajstić information content (AvgIpc) is 3.04. The van der Waals surface area contributed by atoms with Crippen LogP contribution in [0.4, 0.5) is 16.2 Å². The van der Waals surface area contributed by atoms with Crippen LogP contribution in [0.3, 0.4) is 0 Å². The summed E-state index contributed by atoms with van der Waals surface area (Å²) in [7, 11) is 1.60. The van der Waals surface area contributed by atoms with Crippen molar-refractivity contribution in [2.45, 2.75) is 19.9 Å². The van der Waals surface area contributed by atoms with E-state index >= 15 is 0 Å². The molecular weight excluding hydrogens is 378 g/mol. The van der Waals surface area contributed by atoms with Crippen molar-refractivity contribution in [3.63, 3.8) is 0 Å². The molecule has 0 spiro atoms. The maximum absolute atomic E-state index is 13.5. The highest BCUT2D eigenvalue weighted by Crippen LogP contribution is 2.41. The van der Waals surface area contributed by atoms with Gasteiger partial charge in [0.15, 0.2) is 11.8 Å². The zero-order valence-corrected chi connectivity index (χ0v) is 16.7. The molecular formula is C21H21ClN3O3+. The molecule has 0 saturated heterocycles. The Kier molecular flexibility index (Phi) is 4.59. The van der Waals surface area contributed by atoms with Gasteiger partial charge in [-0.3, -0.25) is 0 Å². The summed E-state index contributed by atoms with van der Waals surface area (Å²) in [5.41, 5.74) is 2.92. The fourth-order valence-corrected chi connectivity index (χ4v) is 4.20. The quantitative estimate of drug-likeness (QED) is 0.739. The average molecular weight is 399 g/mol. The number of rotatable bonds is 4. The van der Waals surface area contributed by atoms with Crippen LogP contribution in [0.25, 0.3) is 0 Å². The van der Waals surface area contributed by atoms with Gasteiger partial charge in [0.1, 0.15) is 11.4 Å². The van der Waals surface area contributed by atoms with Crippen LogP contribution in [0, 0.1) is 0 Å². The fraction of sp³-hybridized carbons (Fsp3) is 0.286. The Hall–Kier alpha value is -2.86. The molecule has 1 atom stereocenters. The highest BCUT2D eigenvalue weighted by Gasteiger charge is 2.56. The van der Waals surface area contributed by atoms with Gasteiger partial charge in [0.2, 0.25) is 0 Å². The number of anilines is 2. The minimum absolute atomic E-state index is 0.271. The highest BCUT2D eigenvalue weighted by molar-refractivity contribution is 6.34. The molecule has 0 saturated carbocycles.